The number of nitro groups is 1. The van der Waals surface area contributed by atoms with Crippen LogP contribution in [0.15, 0.2) is 47.1 Å². The minimum absolute atomic E-state index is 0.00713. The highest BCUT2D eigenvalue weighted by atomic mass is 16.6. The third-order valence-electron chi connectivity index (χ3n) is 3.98. The topological polar surface area (TPSA) is 127 Å². The predicted octanol–water partition coefficient (Wildman–Crippen LogP) is 2.88. The van der Waals surface area contributed by atoms with Crippen molar-refractivity contribution in [2.75, 3.05) is 14.2 Å². The molecular formula is C20H16N2O8. The Morgan fingerprint density at radius 2 is 1.73 bits per heavy atom. The van der Waals surface area contributed by atoms with E-state index in [0.29, 0.717) is 11.1 Å². The van der Waals surface area contributed by atoms with Gasteiger partial charge in [0.15, 0.2) is 17.2 Å². The van der Waals surface area contributed by atoms with Crippen molar-refractivity contribution in [3.8, 4) is 17.2 Å². The lowest BCUT2D eigenvalue weighted by Crippen LogP contribution is -2.06. The molecule has 1 aliphatic heterocycles. The van der Waals surface area contributed by atoms with Crippen molar-refractivity contribution in [1.82, 2.24) is 0 Å². The fraction of sp³-hybridized carbons (Fsp3) is 0.150. The summed E-state index contributed by atoms with van der Waals surface area (Å²) in [6.07, 6.45) is 1.45. The van der Waals surface area contributed by atoms with Crippen molar-refractivity contribution in [2.24, 2.45) is 4.99 Å². The standard InChI is InChI=1S/C20H16N2O8/c1-11(23)29-18-16(27-2)9-12(10-17(18)28-3)8-15-20(24)30-19(21-15)13-4-6-14(7-5-13)22(25)26/h4-10H,1-3H3. The van der Waals surface area contributed by atoms with Crippen LogP contribution in [-0.4, -0.2) is 37.0 Å². The van der Waals surface area contributed by atoms with E-state index in [9.17, 15) is 19.7 Å². The number of aliphatic imine (C=N–C) groups is 1. The second-order valence-electron chi connectivity index (χ2n) is 5.99. The van der Waals surface area contributed by atoms with Gasteiger partial charge in [-0.05, 0) is 35.9 Å². The van der Waals surface area contributed by atoms with E-state index in [2.05, 4.69) is 4.99 Å². The van der Waals surface area contributed by atoms with Crippen LogP contribution in [0.25, 0.3) is 6.08 Å². The molecule has 0 bridgehead atoms. The average molecular weight is 412 g/mol. The number of cyclic esters (lactones) is 1. The van der Waals surface area contributed by atoms with Crippen LogP contribution in [-0.2, 0) is 14.3 Å². The number of hydrogen-bond donors (Lipinski definition) is 0. The predicted molar refractivity (Wildman–Crippen MR) is 105 cm³/mol. The van der Waals surface area contributed by atoms with Gasteiger partial charge in [-0.2, -0.15) is 0 Å². The molecule has 3 rings (SSSR count). The smallest absolute Gasteiger partial charge is 0.363 e. The lowest BCUT2D eigenvalue weighted by atomic mass is 10.1. The third kappa shape index (κ3) is 4.27. The first-order valence-corrected chi connectivity index (χ1v) is 8.54. The lowest BCUT2D eigenvalue weighted by Gasteiger charge is -2.13. The van der Waals surface area contributed by atoms with Gasteiger partial charge in [-0.1, -0.05) is 0 Å². The van der Waals surface area contributed by atoms with Gasteiger partial charge < -0.3 is 18.9 Å². The van der Waals surface area contributed by atoms with Crippen LogP contribution in [0.4, 0.5) is 5.69 Å². The summed E-state index contributed by atoms with van der Waals surface area (Å²) in [5.74, 6) is -0.653. The largest absolute Gasteiger partial charge is 0.493 e. The van der Waals surface area contributed by atoms with E-state index in [1.165, 1.54) is 51.5 Å². The maximum Gasteiger partial charge on any atom is 0.363 e. The molecule has 2 aromatic rings. The molecule has 0 saturated carbocycles. The zero-order chi connectivity index (χ0) is 21.8. The maximum absolute atomic E-state index is 12.2. The quantitative estimate of drug-likeness (QED) is 0.233. The van der Waals surface area contributed by atoms with E-state index in [4.69, 9.17) is 18.9 Å². The summed E-state index contributed by atoms with van der Waals surface area (Å²) in [6, 6.07) is 8.54. The van der Waals surface area contributed by atoms with Gasteiger partial charge in [-0.3, -0.25) is 14.9 Å². The fourth-order valence-corrected chi connectivity index (χ4v) is 2.64. The van der Waals surface area contributed by atoms with E-state index in [-0.39, 0.29) is 34.5 Å². The van der Waals surface area contributed by atoms with E-state index in [0.717, 1.165) is 0 Å². The van der Waals surface area contributed by atoms with Gasteiger partial charge in [0.05, 0.1) is 19.1 Å². The van der Waals surface area contributed by atoms with Gasteiger partial charge in [0.25, 0.3) is 5.69 Å². The van der Waals surface area contributed by atoms with Crippen LogP contribution in [0.2, 0.25) is 0 Å². The van der Waals surface area contributed by atoms with Crippen molar-refractivity contribution >= 4 is 29.6 Å². The molecule has 2 aromatic carbocycles. The molecule has 10 heteroatoms. The molecule has 0 spiro atoms. The highest BCUT2D eigenvalue weighted by Gasteiger charge is 2.25. The Balaban J connectivity index is 1.96. The average Bonchev–Trinajstić information content (AvgIpc) is 3.08. The van der Waals surface area contributed by atoms with E-state index < -0.39 is 16.9 Å². The number of esters is 2. The zero-order valence-corrected chi connectivity index (χ0v) is 16.2. The fourth-order valence-electron chi connectivity index (χ4n) is 2.64. The Kier molecular flexibility index (Phi) is 5.77. The first-order valence-electron chi connectivity index (χ1n) is 8.54. The summed E-state index contributed by atoms with van der Waals surface area (Å²) in [7, 11) is 2.79. The number of nitrogens with zero attached hydrogens (tertiary/aromatic N) is 2. The number of carbonyl (C=O) groups excluding carboxylic acids is 2. The van der Waals surface area contributed by atoms with Crippen LogP contribution in [0.5, 0.6) is 17.2 Å². The number of ether oxygens (including phenoxy) is 4. The van der Waals surface area contributed by atoms with E-state index in [1.54, 1.807) is 12.1 Å². The molecule has 0 N–H and O–H groups in total. The highest BCUT2D eigenvalue weighted by molar-refractivity contribution is 6.12. The SMILES string of the molecule is COc1cc(C=C2N=C(c3ccc([N+](=O)[O-])cc3)OC2=O)cc(OC)c1OC(C)=O. The van der Waals surface area contributed by atoms with Crippen LogP contribution >= 0.6 is 0 Å². The lowest BCUT2D eigenvalue weighted by molar-refractivity contribution is -0.384. The van der Waals surface area contributed by atoms with Crippen molar-refractivity contribution in [3.63, 3.8) is 0 Å². The van der Waals surface area contributed by atoms with Gasteiger partial charge in [-0.25, -0.2) is 9.79 Å². The minimum atomic E-state index is -0.689. The van der Waals surface area contributed by atoms with E-state index >= 15 is 0 Å². The van der Waals surface area contributed by atoms with Gasteiger partial charge >= 0.3 is 11.9 Å². The Morgan fingerprint density at radius 1 is 1.13 bits per heavy atom. The molecule has 0 aliphatic carbocycles. The summed E-state index contributed by atoms with van der Waals surface area (Å²) in [5, 5.41) is 10.8. The Bertz CT molecular complexity index is 1060. The van der Waals surface area contributed by atoms with Gasteiger partial charge in [0.2, 0.25) is 11.6 Å². The molecular weight excluding hydrogens is 396 g/mol. The number of carbonyl (C=O) groups is 2. The highest BCUT2D eigenvalue weighted by Crippen LogP contribution is 2.39. The molecule has 0 radical (unpaired) electrons. The number of rotatable bonds is 6. The second kappa shape index (κ2) is 8.43. The summed E-state index contributed by atoms with van der Waals surface area (Å²) in [4.78, 5) is 37.9. The Labute approximate surface area is 170 Å². The monoisotopic (exact) mass is 412 g/mol. The first kappa shape index (κ1) is 20.5. The van der Waals surface area contributed by atoms with Crippen LogP contribution < -0.4 is 14.2 Å². The Morgan fingerprint density at radius 3 is 2.23 bits per heavy atom. The Hall–Kier alpha value is -4.21. The summed E-state index contributed by atoms with van der Waals surface area (Å²) in [5.41, 5.74) is 0.817. The van der Waals surface area contributed by atoms with Crippen molar-refractivity contribution in [1.29, 1.82) is 0 Å². The van der Waals surface area contributed by atoms with Crippen LogP contribution in [0, 0.1) is 10.1 Å². The number of hydrogen-bond acceptors (Lipinski definition) is 9. The molecule has 0 unspecified atom stereocenters. The number of benzene rings is 2. The molecule has 30 heavy (non-hydrogen) atoms. The molecule has 0 atom stereocenters. The summed E-state index contributed by atoms with van der Waals surface area (Å²) in [6.45, 7) is 1.25. The summed E-state index contributed by atoms with van der Waals surface area (Å²) >= 11 is 0. The molecule has 0 aromatic heterocycles. The molecule has 154 valence electrons. The van der Waals surface area contributed by atoms with Gasteiger partial charge in [0.1, 0.15) is 0 Å². The summed E-state index contributed by atoms with van der Waals surface area (Å²) < 4.78 is 20.8. The molecule has 0 amide bonds. The normalized spacial score (nSPS) is 14.2. The van der Waals surface area contributed by atoms with Crippen LogP contribution in [0.1, 0.15) is 18.1 Å². The van der Waals surface area contributed by atoms with E-state index in [1.807, 2.05) is 0 Å². The maximum atomic E-state index is 12.2. The van der Waals surface area contributed by atoms with Crippen molar-refractivity contribution < 1.29 is 33.5 Å². The molecule has 1 heterocycles. The molecule has 0 fully saturated rings. The first-order chi connectivity index (χ1) is 14.3. The molecule has 10 nitrogen and oxygen atoms in total. The zero-order valence-electron chi connectivity index (χ0n) is 16.2. The number of nitro benzene ring substituents is 1. The molecule has 1 aliphatic rings. The minimum Gasteiger partial charge on any atom is -0.493 e. The van der Waals surface area contributed by atoms with Crippen LogP contribution in [0.3, 0.4) is 0 Å². The second-order valence-corrected chi connectivity index (χ2v) is 5.99. The number of methoxy groups -OCH3 is 2. The van der Waals surface area contributed by atoms with Gasteiger partial charge in [0, 0.05) is 24.6 Å². The third-order valence-corrected chi connectivity index (χ3v) is 3.98. The number of non-ortho nitro benzene ring substituents is 1. The van der Waals surface area contributed by atoms with Crippen molar-refractivity contribution in [3.05, 3.63) is 63.3 Å². The van der Waals surface area contributed by atoms with Crippen molar-refractivity contribution in [2.45, 2.75) is 6.92 Å². The van der Waals surface area contributed by atoms with Gasteiger partial charge in [-0.15, -0.1) is 0 Å². The molecule has 0 saturated heterocycles.